The van der Waals surface area contributed by atoms with E-state index < -0.39 is 0 Å². The number of ether oxygens (including phenoxy) is 4. The third-order valence-electron chi connectivity index (χ3n) is 4.79. The van der Waals surface area contributed by atoms with Crippen molar-refractivity contribution in [3.05, 3.63) is 23.8 Å². The summed E-state index contributed by atoms with van der Waals surface area (Å²) in [6.07, 6.45) is 2.55. The zero-order valence-corrected chi connectivity index (χ0v) is 13.5. The van der Waals surface area contributed by atoms with Crippen LogP contribution in [0.15, 0.2) is 18.2 Å². The molecule has 2 N–H and O–H groups in total. The number of carbonyl (C=O) groups is 1. The molecule has 2 fully saturated rings. The Morgan fingerprint density at radius 3 is 3.04 bits per heavy atom. The second-order valence-corrected chi connectivity index (χ2v) is 6.54. The molecule has 2 saturated heterocycles. The van der Waals surface area contributed by atoms with E-state index in [2.05, 4.69) is 10.6 Å². The number of fused-ring (bicyclic) bond motifs is 1. The SMILES string of the molecule is O=C(NCc1ccc2c(c1)OCO2)N[C@H]1CCO[C@]2(CCOC2)C1. The number of hydrogen-bond acceptors (Lipinski definition) is 5. The van der Waals surface area contributed by atoms with E-state index in [1.807, 2.05) is 18.2 Å². The van der Waals surface area contributed by atoms with Crippen molar-refractivity contribution in [1.82, 2.24) is 10.6 Å². The second kappa shape index (κ2) is 6.49. The maximum absolute atomic E-state index is 12.2. The summed E-state index contributed by atoms with van der Waals surface area (Å²) in [7, 11) is 0. The van der Waals surface area contributed by atoms with Crippen LogP contribution >= 0.6 is 0 Å². The standard InChI is InChI=1S/C17H22N2O5/c20-16(18-9-12-1-2-14-15(7-12)23-11-22-14)19-13-3-5-24-17(8-13)4-6-21-10-17/h1-2,7,13H,3-6,8-11H2,(H2,18,19,20)/t13-,17+/m0/s1. The Labute approximate surface area is 140 Å². The lowest BCUT2D eigenvalue weighted by molar-refractivity contribution is -0.0878. The molecule has 3 heterocycles. The second-order valence-electron chi connectivity index (χ2n) is 6.54. The summed E-state index contributed by atoms with van der Waals surface area (Å²) >= 11 is 0. The number of urea groups is 1. The minimum Gasteiger partial charge on any atom is -0.454 e. The van der Waals surface area contributed by atoms with E-state index in [0.29, 0.717) is 19.8 Å². The molecule has 3 aliphatic rings. The normalized spacial score (nSPS) is 28.1. The molecule has 0 bridgehead atoms. The van der Waals surface area contributed by atoms with Gasteiger partial charge in [-0.05, 0) is 30.5 Å². The van der Waals surface area contributed by atoms with Crippen LogP contribution in [-0.4, -0.2) is 44.3 Å². The van der Waals surface area contributed by atoms with Gasteiger partial charge in [0.25, 0.3) is 0 Å². The molecule has 7 heteroatoms. The first-order valence-corrected chi connectivity index (χ1v) is 8.37. The Kier molecular flexibility index (Phi) is 4.20. The molecule has 24 heavy (non-hydrogen) atoms. The van der Waals surface area contributed by atoms with Crippen LogP contribution in [0.1, 0.15) is 24.8 Å². The van der Waals surface area contributed by atoms with Crippen molar-refractivity contribution in [1.29, 1.82) is 0 Å². The van der Waals surface area contributed by atoms with Crippen LogP contribution in [0.4, 0.5) is 4.79 Å². The lowest BCUT2D eigenvalue weighted by Crippen LogP contribution is -2.51. The number of carbonyl (C=O) groups excluding carboxylic acids is 1. The van der Waals surface area contributed by atoms with Gasteiger partial charge >= 0.3 is 6.03 Å². The van der Waals surface area contributed by atoms with Gasteiger partial charge in [-0.1, -0.05) is 6.07 Å². The lowest BCUT2D eigenvalue weighted by atomic mass is 9.90. The van der Waals surface area contributed by atoms with Crippen molar-refractivity contribution in [2.45, 2.75) is 37.5 Å². The number of rotatable bonds is 3. The summed E-state index contributed by atoms with van der Waals surface area (Å²) in [5, 5.41) is 5.95. The zero-order chi connectivity index (χ0) is 16.4. The van der Waals surface area contributed by atoms with E-state index in [0.717, 1.165) is 42.9 Å². The molecule has 2 amide bonds. The molecule has 0 aromatic heterocycles. The number of hydrogen-bond donors (Lipinski definition) is 2. The van der Waals surface area contributed by atoms with Crippen molar-refractivity contribution in [3.8, 4) is 11.5 Å². The average molecular weight is 334 g/mol. The molecule has 0 unspecified atom stereocenters. The monoisotopic (exact) mass is 334 g/mol. The highest BCUT2D eigenvalue weighted by Crippen LogP contribution is 2.33. The molecule has 1 spiro atoms. The largest absolute Gasteiger partial charge is 0.454 e. The van der Waals surface area contributed by atoms with Crippen LogP contribution in [0, 0.1) is 0 Å². The number of amides is 2. The van der Waals surface area contributed by atoms with E-state index in [1.54, 1.807) is 0 Å². The van der Waals surface area contributed by atoms with E-state index >= 15 is 0 Å². The smallest absolute Gasteiger partial charge is 0.315 e. The first-order chi connectivity index (χ1) is 11.7. The van der Waals surface area contributed by atoms with Gasteiger partial charge in [-0.15, -0.1) is 0 Å². The van der Waals surface area contributed by atoms with Gasteiger partial charge in [-0.25, -0.2) is 4.79 Å². The molecule has 7 nitrogen and oxygen atoms in total. The fourth-order valence-corrected chi connectivity index (χ4v) is 3.48. The maximum Gasteiger partial charge on any atom is 0.315 e. The molecular formula is C17H22N2O5. The molecule has 1 aromatic rings. The number of nitrogens with one attached hydrogen (secondary N) is 2. The highest BCUT2D eigenvalue weighted by atomic mass is 16.7. The summed E-state index contributed by atoms with van der Waals surface area (Å²) in [4.78, 5) is 12.2. The maximum atomic E-state index is 12.2. The lowest BCUT2D eigenvalue weighted by Gasteiger charge is -2.37. The van der Waals surface area contributed by atoms with E-state index in [1.165, 1.54) is 0 Å². The molecule has 3 aliphatic heterocycles. The van der Waals surface area contributed by atoms with Crippen LogP contribution in [0.5, 0.6) is 11.5 Å². The average Bonchev–Trinajstić information content (AvgIpc) is 3.22. The highest BCUT2D eigenvalue weighted by Gasteiger charge is 2.41. The Hall–Kier alpha value is -1.99. The Morgan fingerprint density at radius 1 is 1.25 bits per heavy atom. The number of benzene rings is 1. The van der Waals surface area contributed by atoms with Crippen molar-refractivity contribution < 1.29 is 23.7 Å². The van der Waals surface area contributed by atoms with E-state index in [-0.39, 0.29) is 24.5 Å². The predicted octanol–water partition coefficient (Wildman–Crippen LogP) is 1.55. The third-order valence-corrected chi connectivity index (χ3v) is 4.79. The molecule has 0 saturated carbocycles. The molecule has 0 radical (unpaired) electrons. The van der Waals surface area contributed by atoms with Crippen molar-refractivity contribution in [2.24, 2.45) is 0 Å². The quantitative estimate of drug-likeness (QED) is 0.877. The van der Waals surface area contributed by atoms with Crippen molar-refractivity contribution >= 4 is 6.03 Å². The molecule has 2 atom stereocenters. The van der Waals surface area contributed by atoms with Crippen molar-refractivity contribution in [2.75, 3.05) is 26.6 Å². The van der Waals surface area contributed by atoms with Crippen LogP contribution in [-0.2, 0) is 16.0 Å². The first-order valence-electron chi connectivity index (χ1n) is 8.37. The van der Waals surface area contributed by atoms with Gasteiger partial charge in [0.15, 0.2) is 11.5 Å². The van der Waals surface area contributed by atoms with Gasteiger partial charge in [0, 0.05) is 32.2 Å². The highest BCUT2D eigenvalue weighted by molar-refractivity contribution is 5.74. The molecule has 130 valence electrons. The molecule has 1 aromatic carbocycles. The Balaban J connectivity index is 1.27. The van der Waals surface area contributed by atoms with Gasteiger partial charge in [0.1, 0.15) is 0 Å². The fraction of sp³-hybridized carbons (Fsp3) is 0.588. The minimum absolute atomic E-state index is 0.122. The van der Waals surface area contributed by atoms with Crippen molar-refractivity contribution in [3.63, 3.8) is 0 Å². The molecular weight excluding hydrogens is 312 g/mol. The third kappa shape index (κ3) is 3.27. The van der Waals surface area contributed by atoms with Crippen LogP contribution in [0.2, 0.25) is 0 Å². The van der Waals surface area contributed by atoms with Gasteiger partial charge in [-0.3, -0.25) is 0 Å². The summed E-state index contributed by atoms with van der Waals surface area (Å²) in [6.45, 7) is 2.73. The first kappa shape index (κ1) is 15.5. The minimum atomic E-state index is -0.201. The van der Waals surface area contributed by atoms with Crippen LogP contribution in [0.3, 0.4) is 0 Å². The van der Waals surface area contributed by atoms with Crippen LogP contribution < -0.4 is 20.1 Å². The van der Waals surface area contributed by atoms with Gasteiger partial charge in [-0.2, -0.15) is 0 Å². The van der Waals surface area contributed by atoms with Crippen LogP contribution in [0.25, 0.3) is 0 Å². The van der Waals surface area contributed by atoms with E-state index in [9.17, 15) is 4.79 Å². The predicted molar refractivity (Wildman–Crippen MR) is 85.1 cm³/mol. The Morgan fingerprint density at radius 2 is 2.17 bits per heavy atom. The van der Waals surface area contributed by atoms with Gasteiger partial charge in [0.05, 0.1) is 12.2 Å². The van der Waals surface area contributed by atoms with E-state index in [4.69, 9.17) is 18.9 Å². The van der Waals surface area contributed by atoms with Gasteiger partial charge in [0.2, 0.25) is 6.79 Å². The summed E-state index contributed by atoms with van der Waals surface area (Å²) in [5.41, 5.74) is 0.773. The molecule has 0 aliphatic carbocycles. The summed E-state index contributed by atoms with van der Waals surface area (Å²) < 4.78 is 22.0. The fourth-order valence-electron chi connectivity index (χ4n) is 3.48. The Bertz CT molecular complexity index is 615. The molecule has 4 rings (SSSR count). The zero-order valence-electron chi connectivity index (χ0n) is 13.5. The van der Waals surface area contributed by atoms with Gasteiger partial charge < -0.3 is 29.6 Å². The topological polar surface area (TPSA) is 78.1 Å². The summed E-state index contributed by atoms with van der Waals surface area (Å²) in [5.74, 6) is 1.47. The summed E-state index contributed by atoms with van der Waals surface area (Å²) in [6, 6.07) is 5.64.